The topological polar surface area (TPSA) is 170 Å². The Morgan fingerprint density at radius 1 is 1.26 bits per heavy atom. The van der Waals surface area contributed by atoms with Crippen LogP contribution in [0.5, 0.6) is 0 Å². The maximum atomic E-state index is 13.4. The number of H-pyrrole nitrogens is 1. The van der Waals surface area contributed by atoms with Crippen molar-refractivity contribution in [2.75, 3.05) is 32.5 Å². The number of aromatic amines is 1. The van der Waals surface area contributed by atoms with Gasteiger partial charge < -0.3 is 26.0 Å². The van der Waals surface area contributed by atoms with Crippen LogP contribution < -0.4 is 16.0 Å². The molecule has 0 fully saturated rings. The molecule has 0 bridgehead atoms. The highest BCUT2D eigenvalue weighted by Gasteiger charge is 2.37. The molecule has 0 saturated heterocycles. The number of amides is 2. The first-order valence-electron chi connectivity index (χ1n) is 12.2. The number of rotatable bonds is 9. The quantitative estimate of drug-likeness (QED) is 0.179. The van der Waals surface area contributed by atoms with E-state index in [9.17, 15) is 22.8 Å². The molecule has 0 radical (unpaired) electrons. The number of fused-ring (bicyclic) bond motifs is 1. The molecular weight excluding hydrogens is 583 g/mol. The van der Waals surface area contributed by atoms with Crippen LogP contribution in [0.2, 0.25) is 5.02 Å². The van der Waals surface area contributed by atoms with Gasteiger partial charge in [0.15, 0.2) is 17.2 Å². The van der Waals surface area contributed by atoms with Gasteiger partial charge in [0.2, 0.25) is 5.91 Å². The molecular formula is C25H27ClF3N9O4. The number of aromatic nitrogens is 5. The van der Waals surface area contributed by atoms with Crippen molar-refractivity contribution in [3.05, 3.63) is 59.3 Å². The van der Waals surface area contributed by atoms with Crippen LogP contribution in [-0.4, -0.2) is 86.1 Å². The van der Waals surface area contributed by atoms with E-state index in [4.69, 9.17) is 21.5 Å². The summed E-state index contributed by atoms with van der Waals surface area (Å²) in [5, 5.41) is 21.0. The number of hydrogen-bond donors (Lipinski definition) is 5. The minimum atomic E-state index is -4.65. The maximum absolute atomic E-state index is 13.4. The summed E-state index contributed by atoms with van der Waals surface area (Å²) in [5.74, 6) is -0.603. The molecule has 13 nitrogen and oxygen atoms in total. The number of imidazole rings is 1. The second-order valence-corrected chi connectivity index (χ2v) is 9.38. The Morgan fingerprint density at radius 2 is 1.98 bits per heavy atom. The van der Waals surface area contributed by atoms with Crippen LogP contribution in [-0.2, 0) is 15.8 Å². The molecule has 4 aromatic rings. The Morgan fingerprint density at radius 3 is 2.62 bits per heavy atom. The number of halogens is 4. The molecule has 4 rings (SSSR count). The zero-order chi connectivity index (χ0) is 31.0. The summed E-state index contributed by atoms with van der Waals surface area (Å²) in [7, 11) is 3.77. The highest BCUT2D eigenvalue weighted by Crippen LogP contribution is 2.36. The van der Waals surface area contributed by atoms with Crippen molar-refractivity contribution in [1.82, 2.24) is 40.1 Å². The third kappa shape index (κ3) is 7.73. The predicted molar refractivity (Wildman–Crippen MR) is 147 cm³/mol. The van der Waals surface area contributed by atoms with Gasteiger partial charge in [0.05, 0.1) is 28.0 Å². The fourth-order valence-electron chi connectivity index (χ4n) is 3.72. The third-order valence-corrected chi connectivity index (χ3v) is 6.00. The van der Waals surface area contributed by atoms with E-state index in [1.54, 1.807) is 13.0 Å². The average molecular weight is 610 g/mol. The van der Waals surface area contributed by atoms with Gasteiger partial charge in [0.25, 0.3) is 12.4 Å². The fourth-order valence-corrected chi connectivity index (χ4v) is 3.98. The van der Waals surface area contributed by atoms with Gasteiger partial charge in [-0.2, -0.15) is 18.3 Å². The first kappa shape index (κ1) is 31.8. The van der Waals surface area contributed by atoms with Gasteiger partial charge in [0, 0.05) is 37.4 Å². The number of carboxylic acid groups (broad SMARTS) is 1. The summed E-state index contributed by atoms with van der Waals surface area (Å²) in [6.07, 6.45) is 0.681. The molecule has 2 amide bonds. The summed E-state index contributed by atoms with van der Waals surface area (Å²) in [4.78, 5) is 43.7. The molecule has 0 aliphatic carbocycles. The number of alkyl halides is 3. The van der Waals surface area contributed by atoms with Crippen molar-refractivity contribution in [2.45, 2.75) is 19.1 Å². The summed E-state index contributed by atoms with van der Waals surface area (Å²) < 4.78 is 41.5. The summed E-state index contributed by atoms with van der Waals surface area (Å²) in [6.45, 7) is 2.42. The van der Waals surface area contributed by atoms with Crippen LogP contribution >= 0.6 is 11.6 Å². The molecule has 1 atom stereocenters. The van der Waals surface area contributed by atoms with Gasteiger partial charge in [-0.05, 0) is 39.2 Å². The van der Waals surface area contributed by atoms with Gasteiger partial charge in [0.1, 0.15) is 6.04 Å². The van der Waals surface area contributed by atoms with Crippen LogP contribution in [0.15, 0.2) is 43.0 Å². The lowest BCUT2D eigenvalue weighted by molar-refractivity contribution is -0.140. The molecule has 5 N–H and O–H groups in total. The standard InChI is InChI=1S/C24H25ClF3N9O2.CH2O2/c1-13(22(38)30-6-8-36(2)3)33-23(39)15-5-4-14(10-17(15)25)34-20-21-31-12-18(37(21)9-7-29-20)16-11-32-35-19(16)24(26,27)28;2-1-3/h4-5,7,9-13H,6,8H2,1-3H3,(H,29,34)(H,30,38)(H,32,35)(H,33,39);1H,(H,2,3). The Hall–Kier alpha value is -4.70. The van der Waals surface area contributed by atoms with Crippen LogP contribution in [0, 0.1) is 0 Å². The van der Waals surface area contributed by atoms with E-state index >= 15 is 0 Å². The molecule has 1 unspecified atom stereocenters. The number of hydrogen-bond acceptors (Lipinski definition) is 8. The Labute approximate surface area is 242 Å². The second-order valence-electron chi connectivity index (χ2n) is 8.97. The first-order chi connectivity index (χ1) is 19.9. The van der Waals surface area contributed by atoms with Gasteiger partial charge >= 0.3 is 6.18 Å². The largest absolute Gasteiger partial charge is 0.483 e. The number of benzene rings is 1. The Bertz CT molecular complexity index is 1560. The number of likely N-dealkylation sites (N-methyl/N-ethyl adjacent to an activating group) is 1. The highest BCUT2D eigenvalue weighted by atomic mass is 35.5. The number of carbonyl (C=O) groups is 3. The van der Waals surface area contributed by atoms with Crippen LogP contribution in [0.4, 0.5) is 24.7 Å². The van der Waals surface area contributed by atoms with Crippen LogP contribution in [0.25, 0.3) is 16.9 Å². The molecule has 3 aromatic heterocycles. The number of nitrogens with zero attached hydrogens (tertiary/aromatic N) is 5. The minimum Gasteiger partial charge on any atom is -0.483 e. The lowest BCUT2D eigenvalue weighted by atomic mass is 10.1. The number of nitrogens with one attached hydrogen (secondary N) is 4. The monoisotopic (exact) mass is 609 g/mol. The molecule has 3 heterocycles. The first-order valence-corrected chi connectivity index (χ1v) is 12.6. The lowest BCUT2D eigenvalue weighted by Gasteiger charge is -2.16. The van der Waals surface area contributed by atoms with Gasteiger partial charge in [-0.15, -0.1) is 0 Å². The van der Waals surface area contributed by atoms with E-state index in [1.807, 2.05) is 19.0 Å². The molecule has 0 aliphatic heterocycles. The normalized spacial score (nSPS) is 11.9. The minimum absolute atomic E-state index is 0.113. The summed E-state index contributed by atoms with van der Waals surface area (Å²) in [5.41, 5.74) is -0.183. The van der Waals surface area contributed by atoms with Gasteiger partial charge in [-0.3, -0.25) is 23.9 Å². The Balaban J connectivity index is 0.00000155. The third-order valence-electron chi connectivity index (χ3n) is 5.69. The van der Waals surface area contributed by atoms with E-state index in [-0.39, 0.29) is 45.7 Å². The summed E-state index contributed by atoms with van der Waals surface area (Å²) in [6, 6.07) is 3.77. The zero-order valence-corrected chi connectivity index (χ0v) is 23.3. The zero-order valence-electron chi connectivity index (χ0n) is 22.5. The van der Waals surface area contributed by atoms with E-state index in [0.29, 0.717) is 18.8 Å². The molecule has 0 aliphatic rings. The van der Waals surface area contributed by atoms with E-state index in [2.05, 4.69) is 36.1 Å². The van der Waals surface area contributed by atoms with Crippen molar-refractivity contribution in [2.24, 2.45) is 0 Å². The molecule has 17 heteroatoms. The second kappa shape index (κ2) is 13.8. The van der Waals surface area contributed by atoms with Crippen LogP contribution in [0.3, 0.4) is 0 Å². The van der Waals surface area contributed by atoms with Crippen molar-refractivity contribution < 1.29 is 32.7 Å². The van der Waals surface area contributed by atoms with E-state index in [1.165, 1.54) is 35.1 Å². The van der Waals surface area contributed by atoms with Crippen molar-refractivity contribution >= 4 is 47.0 Å². The fraction of sp³-hybridized carbons (Fsp3) is 0.280. The van der Waals surface area contributed by atoms with Crippen molar-refractivity contribution in [3.63, 3.8) is 0 Å². The molecule has 42 heavy (non-hydrogen) atoms. The maximum Gasteiger partial charge on any atom is 0.435 e. The highest BCUT2D eigenvalue weighted by molar-refractivity contribution is 6.34. The molecule has 0 saturated carbocycles. The SMILES string of the molecule is CC(NC(=O)c1ccc(Nc2nccn3c(-c4c[nH]nc4C(F)(F)F)cnc23)cc1Cl)C(=O)NCCN(C)C.O=CO. The van der Waals surface area contributed by atoms with E-state index in [0.717, 1.165) is 6.20 Å². The van der Waals surface area contributed by atoms with E-state index < -0.39 is 23.8 Å². The smallest absolute Gasteiger partial charge is 0.435 e. The Kier molecular flexibility index (Phi) is 10.4. The molecule has 0 spiro atoms. The van der Waals surface area contributed by atoms with Crippen molar-refractivity contribution in [1.29, 1.82) is 0 Å². The number of carbonyl (C=O) groups excluding carboxylic acids is 2. The van der Waals surface area contributed by atoms with Gasteiger partial charge in [-0.1, -0.05) is 11.6 Å². The lowest BCUT2D eigenvalue weighted by Crippen LogP contribution is -2.46. The summed E-state index contributed by atoms with van der Waals surface area (Å²) >= 11 is 6.36. The van der Waals surface area contributed by atoms with Crippen LogP contribution in [0.1, 0.15) is 23.0 Å². The molecule has 224 valence electrons. The predicted octanol–water partition coefficient (Wildman–Crippen LogP) is 3.03. The molecule has 1 aromatic carbocycles. The van der Waals surface area contributed by atoms with Gasteiger partial charge in [-0.25, -0.2) is 9.97 Å². The van der Waals surface area contributed by atoms with Crippen molar-refractivity contribution in [3.8, 4) is 11.3 Å². The number of anilines is 2. The average Bonchev–Trinajstić information content (AvgIpc) is 3.56.